The number of rotatable bonds is 5. The summed E-state index contributed by atoms with van der Waals surface area (Å²) >= 11 is 0. The molecular weight excluding hydrogens is 226 g/mol. The number of ether oxygens (including phenoxy) is 1. The van der Waals surface area contributed by atoms with Gasteiger partial charge in [-0.3, -0.25) is 4.79 Å². The maximum Gasteiger partial charge on any atom is 0.152 e. The molecule has 0 aliphatic carbocycles. The summed E-state index contributed by atoms with van der Waals surface area (Å²) in [5.74, 6) is 0. The second-order valence-corrected chi connectivity index (χ2v) is 5.13. The molecule has 0 aliphatic rings. The van der Waals surface area contributed by atoms with E-state index in [4.69, 9.17) is 4.74 Å². The molecule has 0 unspecified atom stereocenters. The van der Waals surface area contributed by atoms with Crippen molar-refractivity contribution in [3.05, 3.63) is 36.0 Å². The van der Waals surface area contributed by atoms with Gasteiger partial charge in [-0.25, -0.2) is 0 Å². The maximum atomic E-state index is 11.1. The van der Waals surface area contributed by atoms with E-state index in [1.165, 1.54) is 0 Å². The van der Waals surface area contributed by atoms with Crippen LogP contribution in [0.5, 0.6) is 0 Å². The van der Waals surface area contributed by atoms with Gasteiger partial charge in [0.1, 0.15) is 0 Å². The third kappa shape index (κ3) is 2.46. The molecule has 0 saturated heterocycles. The molecule has 1 aromatic carbocycles. The van der Waals surface area contributed by atoms with E-state index in [0.717, 1.165) is 35.7 Å². The second-order valence-electron chi connectivity index (χ2n) is 5.13. The Bertz CT molecular complexity index is 555. The molecule has 96 valence electrons. The Kier molecular flexibility index (Phi) is 3.53. The Morgan fingerprint density at radius 2 is 2.06 bits per heavy atom. The summed E-state index contributed by atoms with van der Waals surface area (Å²) in [6.45, 7) is 4.98. The fourth-order valence-electron chi connectivity index (χ4n) is 2.05. The quantitative estimate of drug-likeness (QED) is 0.757. The zero-order valence-corrected chi connectivity index (χ0v) is 11.1. The number of methoxy groups -OCH3 is 1. The van der Waals surface area contributed by atoms with Crippen LogP contribution in [0.4, 0.5) is 0 Å². The standard InChI is InChI=1S/C15H19NO2/c1-15(2,18-3)8-9-16-10-12(11-17)13-6-4-5-7-14(13)16/h4-7,10-11H,8-9H2,1-3H3. The van der Waals surface area contributed by atoms with Crippen LogP contribution in [-0.2, 0) is 11.3 Å². The largest absolute Gasteiger partial charge is 0.379 e. The number of aldehydes is 1. The molecule has 18 heavy (non-hydrogen) atoms. The maximum absolute atomic E-state index is 11.1. The number of aromatic nitrogens is 1. The molecule has 0 atom stereocenters. The Morgan fingerprint density at radius 3 is 2.72 bits per heavy atom. The number of fused-ring (bicyclic) bond motifs is 1. The topological polar surface area (TPSA) is 31.2 Å². The number of hydrogen-bond donors (Lipinski definition) is 0. The summed E-state index contributed by atoms with van der Waals surface area (Å²) < 4.78 is 7.55. The lowest BCUT2D eigenvalue weighted by Crippen LogP contribution is -2.24. The molecule has 0 radical (unpaired) electrons. The molecule has 3 heteroatoms. The van der Waals surface area contributed by atoms with E-state index in [-0.39, 0.29) is 5.60 Å². The number of para-hydroxylation sites is 1. The van der Waals surface area contributed by atoms with Crippen LogP contribution in [0.1, 0.15) is 30.6 Å². The molecule has 0 bridgehead atoms. The van der Waals surface area contributed by atoms with Crippen molar-refractivity contribution in [1.82, 2.24) is 4.57 Å². The van der Waals surface area contributed by atoms with Crippen molar-refractivity contribution in [3.8, 4) is 0 Å². The number of aryl methyl sites for hydroxylation is 1. The van der Waals surface area contributed by atoms with E-state index in [0.29, 0.717) is 0 Å². The fourth-order valence-corrected chi connectivity index (χ4v) is 2.05. The minimum absolute atomic E-state index is 0.146. The van der Waals surface area contributed by atoms with Gasteiger partial charge >= 0.3 is 0 Å². The number of hydrogen-bond acceptors (Lipinski definition) is 2. The predicted octanol–water partition coefficient (Wildman–Crippen LogP) is 3.27. The summed E-state index contributed by atoms with van der Waals surface area (Å²) in [4.78, 5) is 11.1. The second kappa shape index (κ2) is 4.94. The molecule has 0 aliphatic heterocycles. The highest BCUT2D eigenvalue weighted by atomic mass is 16.5. The van der Waals surface area contributed by atoms with Crippen LogP contribution < -0.4 is 0 Å². The van der Waals surface area contributed by atoms with Gasteiger partial charge in [0.15, 0.2) is 6.29 Å². The van der Waals surface area contributed by atoms with E-state index < -0.39 is 0 Å². The van der Waals surface area contributed by atoms with Crippen LogP contribution in [-0.4, -0.2) is 23.6 Å². The first kappa shape index (κ1) is 12.8. The van der Waals surface area contributed by atoms with Crippen molar-refractivity contribution in [2.45, 2.75) is 32.4 Å². The molecule has 2 aromatic rings. The first-order valence-corrected chi connectivity index (χ1v) is 6.15. The van der Waals surface area contributed by atoms with Crippen LogP contribution in [0.15, 0.2) is 30.5 Å². The average molecular weight is 245 g/mol. The molecule has 0 saturated carbocycles. The SMILES string of the molecule is COC(C)(C)CCn1cc(C=O)c2ccccc21. The highest BCUT2D eigenvalue weighted by Gasteiger charge is 2.17. The van der Waals surface area contributed by atoms with E-state index in [1.54, 1.807) is 7.11 Å². The summed E-state index contributed by atoms with van der Waals surface area (Å²) in [6, 6.07) is 7.98. The smallest absolute Gasteiger partial charge is 0.152 e. The van der Waals surface area contributed by atoms with E-state index in [1.807, 2.05) is 30.5 Å². The van der Waals surface area contributed by atoms with Gasteiger partial charge < -0.3 is 9.30 Å². The molecule has 1 aromatic heterocycles. The van der Waals surface area contributed by atoms with Crippen molar-refractivity contribution >= 4 is 17.2 Å². The van der Waals surface area contributed by atoms with E-state index in [2.05, 4.69) is 18.4 Å². The number of carbonyl (C=O) groups is 1. The first-order chi connectivity index (χ1) is 8.57. The third-order valence-corrected chi connectivity index (χ3v) is 3.45. The third-order valence-electron chi connectivity index (χ3n) is 3.45. The Labute approximate surface area is 107 Å². The van der Waals surface area contributed by atoms with Crippen molar-refractivity contribution < 1.29 is 9.53 Å². The lowest BCUT2D eigenvalue weighted by molar-refractivity contribution is 0.0123. The van der Waals surface area contributed by atoms with Crippen LogP contribution in [0.25, 0.3) is 10.9 Å². The van der Waals surface area contributed by atoms with Crippen LogP contribution >= 0.6 is 0 Å². The summed E-state index contributed by atoms with van der Waals surface area (Å²) in [5, 5.41) is 1.02. The minimum atomic E-state index is -0.146. The van der Waals surface area contributed by atoms with Gasteiger partial charge in [-0.2, -0.15) is 0 Å². The molecule has 0 N–H and O–H groups in total. The first-order valence-electron chi connectivity index (χ1n) is 6.15. The van der Waals surface area contributed by atoms with E-state index in [9.17, 15) is 4.79 Å². The van der Waals surface area contributed by atoms with Gasteiger partial charge in [-0.1, -0.05) is 18.2 Å². The number of benzene rings is 1. The van der Waals surface area contributed by atoms with Crippen molar-refractivity contribution in [2.24, 2.45) is 0 Å². The van der Waals surface area contributed by atoms with Crippen molar-refractivity contribution in [1.29, 1.82) is 0 Å². The zero-order valence-electron chi connectivity index (χ0n) is 11.1. The van der Waals surface area contributed by atoms with Crippen LogP contribution in [0, 0.1) is 0 Å². The lowest BCUT2D eigenvalue weighted by atomic mass is 10.1. The van der Waals surface area contributed by atoms with Gasteiger partial charge in [0, 0.05) is 36.3 Å². The van der Waals surface area contributed by atoms with Gasteiger partial charge in [-0.15, -0.1) is 0 Å². The summed E-state index contributed by atoms with van der Waals surface area (Å²) in [5.41, 5.74) is 1.71. The zero-order chi connectivity index (χ0) is 13.2. The fraction of sp³-hybridized carbons (Fsp3) is 0.400. The Balaban J connectivity index is 2.31. The molecule has 1 heterocycles. The van der Waals surface area contributed by atoms with Gasteiger partial charge in [0.2, 0.25) is 0 Å². The molecular formula is C15H19NO2. The summed E-state index contributed by atoms with van der Waals surface area (Å²) in [6.07, 6.45) is 3.74. The summed E-state index contributed by atoms with van der Waals surface area (Å²) in [7, 11) is 1.73. The van der Waals surface area contributed by atoms with Crippen molar-refractivity contribution in [2.75, 3.05) is 7.11 Å². The molecule has 0 fully saturated rings. The van der Waals surface area contributed by atoms with E-state index >= 15 is 0 Å². The molecule has 3 nitrogen and oxygen atoms in total. The molecule has 2 rings (SSSR count). The van der Waals surface area contributed by atoms with Gasteiger partial charge in [0.05, 0.1) is 5.60 Å². The highest BCUT2D eigenvalue weighted by molar-refractivity contribution is 5.97. The predicted molar refractivity (Wildman–Crippen MR) is 73.0 cm³/mol. The van der Waals surface area contributed by atoms with Crippen molar-refractivity contribution in [3.63, 3.8) is 0 Å². The molecule has 0 spiro atoms. The Morgan fingerprint density at radius 1 is 1.33 bits per heavy atom. The minimum Gasteiger partial charge on any atom is -0.379 e. The normalized spacial score (nSPS) is 11.9. The Hall–Kier alpha value is -1.61. The molecule has 0 amide bonds. The lowest BCUT2D eigenvalue weighted by Gasteiger charge is -2.23. The van der Waals surface area contributed by atoms with Gasteiger partial charge in [-0.05, 0) is 26.3 Å². The number of carbonyl (C=O) groups excluding carboxylic acids is 1. The average Bonchev–Trinajstić information content (AvgIpc) is 2.75. The highest BCUT2D eigenvalue weighted by Crippen LogP contribution is 2.22. The van der Waals surface area contributed by atoms with Gasteiger partial charge in [0.25, 0.3) is 0 Å². The monoisotopic (exact) mass is 245 g/mol. The number of nitrogens with zero attached hydrogens (tertiary/aromatic N) is 1. The van der Waals surface area contributed by atoms with Crippen LogP contribution in [0.3, 0.4) is 0 Å². The van der Waals surface area contributed by atoms with Crippen LogP contribution in [0.2, 0.25) is 0 Å².